The summed E-state index contributed by atoms with van der Waals surface area (Å²) in [7, 11) is -9.10. The highest BCUT2D eigenvalue weighted by Gasteiger charge is 2.45. The van der Waals surface area contributed by atoms with Gasteiger partial charge < -0.3 is 29.3 Å². The summed E-state index contributed by atoms with van der Waals surface area (Å²) in [5.74, 6) is 1.58. The lowest BCUT2D eigenvalue weighted by Gasteiger charge is -2.40. The van der Waals surface area contributed by atoms with Gasteiger partial charge in [0, 0.05) is 30.6 Å². The van der Waals surface area contributed by atoms with Crippen LogP contribution in [0.1, 0.15) is 119 Å². The van der Waals surface area contributed by atoms with Crippen LogP contribution in [0.2, 0.25) is 18.1 Å². The first kappa shape index (κ1) is 49.2. The molecule has 10 rings (SSSR count). The van der Waals surface area contributed by atoms with Gasteiger partial charge in [-0.1, -0.05) is 69.3 Å². The Hall–Kier alpha value is -4.76. The number of aryl methyl sites for hydroxylation is 2. The van der Waals surface area contributed by atoms with Crippen molar-refractivity contribution < 1.29 is 26.4 Å². The molecular formula is C50H68N10O6S2Si. The molecule has 69 heavy (non-hydrogen) atoms. The number of benzene rings is 2. The fourth-order valence-electron chi connectivity index (χ4n) is 11.0. The van der Waals surface area contributed by atoms with E-state index in [0.717, 1.165) is 72.2 Å². The lowest BCUT2D eigenvalue weighted by atomic mass is 10.0. The van der Waals surface area contributed by atoms with Crippen LogP contribution in [0.4, 0.5) is 11.6 Å². The highest BCUT2D eigenvalue weighted by Crippen LogP contribution is 2.46. The van der Waals surface area contributed by atoms with Gasteiger partial charge in [0.05, 0.1) is 40.5 Å². The molecule has 0 amide bonds. The predicted molar refractivity (Wildman–Crippen MR) is 274 cm³/mol. The summed E-state index contributed by atoms with van der Waals surface area (Å²) in [5.41, 5.74) is 7.18. The number of hydrogen-bond acceptors (Lipinski definition) is 12. The molecule has 2 saturated carbocycles. The van der Waals surface area contributed by atoms with Gasteiger partial charge in [0.15, 0.2) is 8.32 Å². The van der Waals surface area contributed by atoms with Gasteiger partial charge in [-0.25, -0.2) is 47.0 Å². The molecule has 2 aromatic carbocycles. The van der Waals surface area contributed by atoms with Crippen molar-refractivity contribution >= 4 is 62.1 Å². The van der Waals surface area contributed by atoms with E-state index in [1.165, 1.54) is 22.3 Å². The second-order valence-electron chi connectivity index (χ2n) is 21.3. The smallest absolute Gasteiger partial charge is 0.209 e. The van der Waals surface area contributed by atoms with Crippen LogP contribution in [0.25, 0.3) is 22.1 Å². The van der Waals surface area contributed by atoms with Gasteiger partial charge in [-0.05, 0) is 129 Å². The zero-order chi connectivity index (χ0) is 48.9. The Labute approximate surface area is 407 Å². The maximum Gasteiger partial charge on any atom is 0.209 e. The van der Waals surface area contributed by atoms with Gasteiger partial charge >= 0.3 is 0 Å². The molecule has 8 atom stereocenters. The third-order valence-corrected chi connectivity index (χ3v) is 21.8. The van der Waals surface area contributed by atoms with Crippen LogP contribution in [-0.2, 0) is 37.3 Å². The molecule has 16 nitrogen and oxygen atoms in total. The number of fused-ring (bicyclic) bond motifs is 4. The molecule has 0 aliphatic heterocycles. The van der Waals surface area contributed by atoms with Gasteiger partial charge in [-0.15, -0.1) is 0 Å². The van der Waals surface area contributed by atoms with Gasteiger partial charge in [0.25, 0.3) is 0 Å². The molecule has 0 radical (unpaired) electrons. The van der Waals surface area contributed by atoms with Crippen molar-refractivity contribution in [2.45, 2.75) is 139 Å². The minimum Gasteiger partial charge on any atom is -0.414 e. The van der Waals surface area contributed by atoms with E-state index in [0.29, 0.717) is 25.7 Å². The highest BCUT2D eigenvalue weighted by molar-refractivity contribution is 7.89. The number of primary sulfonamides is 2. The van der Waals surface area contributed by atoms with Gasteiger partial charge in [-0.3, -0.25) is 0 Å². The number of nitrogens with zero attached hydrogens (tertiary/aromatic N) is 6. The van der Waals surface area contributed by atoms with E-state index >= 15 is 0 Å². The van der Waals surface area contributed by atoms with Crippen LogP contribution in [0.5, 0.6) is 0 Å². The molecule has 0 spiro atoms. The maximum absolute atomic E-state index is 11.8. The summed E-state index contributed by atoms with van der Waals surface area (Å²) in [5, 5.41) is 30.3. The molecule has 2 fully saturated rings. The van der Waals surface area contributed by atoms with E-state index < -0.39 is 34.5 Å². The zero-order valence-corrected chi connectivity index (χ0v) is 43.0. The van der Waals surface area contributed by atoms with Crippen LogP contribution in [0.3, 0.4) is 0 Å². The summed E-state index contributed by atoms with van der Waals surface area (Å²) in [6, 6.07) is 21.9. The Morgan fingerprint density at radius 1 is 0.681 bits per heavy atom. The molecular weight excluding hydrogens is 929 g/mol. The molecule has 0 unspecified atom stereocenters. The van der Waals surface area contributed by atoms with Crippen molar-refractivity contribution in [2.24, 2.45) is 22.1 Å². The fourth-order valence-corrected chi connectivity index (χ4v) is 13.7. The van der Waals surface area contributed by atoms with E-state index in [-0.39, 0.29) is 58.7 Å². The Morgan fingerprint density at radius 3 is 1.64 bits per heavy atom. The van der Waals surface area contributed by atoms with Crippen molar-refractivity contribution in [2.75, 3.05) is 22.1 Å². The Bertz CT molecular complexity index is 3030. The lowest BCUT2D eigenvalue weighted by molar-refractivity contribution is 0.129. The monoisotopic (exact) mass is 996 g/mol. The molecule has 4 aromatic heterocycles. The molecule has 7 N–H and O–H groups in total. The molecule has 0 saturated heterocycles. The van der Waals surface area contributed by atoms with E-state index in [9.17, 15) is 21.9 Å². The minimum absolute atomic E-state index is 0.00508. The van der Waals surface area contributed by atoms with Crippen LogP contribution in [0.15, 0.2) is 85.7 Å². The second-order valence-corrected chi connectivity index (χ2v) is 29.5. The number of rotatable bonds is 14. The predicted octanol–water partition coefficient (Wildman–Crippen LogP) is 8.07. The van der Waals surface area contributed by atoms with Crippen molar-refractivity contribution in [3.63, 3.8) is 0 Å². The van der Waals surface area contributed by atoms with Gasteiger partial charge in [0.2, 0.25) is 20.0 Å². The number of aliphatic hydroxyl groups excluding tert-OH is 1. The number of hydrogen-bond donors (Lipinski definition) is 5. The van der Waals surface area contributed by atoms with E-state index in [1.54, 1.807) is 12.7 Å². The topological polar surface area (TPSA) is 235 Å². The minimum atomic E-state index is -3.53. The van der Waals surface area contributed by atoms with E-state index in [4.69, 9.17) is 14.7 Å². The van der Waals surface area contributed by atoms with Crippen molar-refractivity contribution in [1.82, 2.24) is 29.1 Å². The zero-order valence-electron chi connectivity index (χ0n) is 40.3. The third-order valence-electron chi connectivity index (χ3n) is 15.7. The van der Waals surface area contributed by atoms with Gasteiger partial charge in [-0.2, -0.15) is 0 Å². The first-order valence-electron chi connectivity index (χ1n) is 24.4. The molecule has 0 bridgehead atoms. The van der Waals surface area contributed by atoms with E-state index in [1.807, 2.05) is 12.3 Å². The third kappa shape index (κ3) is 10.9. The molecule has 370 valence electrons. The van der Waals surface area contributed by atoms with Crippen molar-refractivity contribution in [3.8, 4) is 0 Å². The number of sulfonamides is 2. The summed E-state index contributed by atoms with van der Waals surface area (Å²) >= 11 is 0. The Balaban J connectivity index is 0.000000175. The van der Waals surface area contributed by atoms with Crippen LogP contribution in [0, 0.1) is 11.8 Å². The fraction of sp³-hybridized carbons (Fsp3) is 0.520. The summed E-state index contributed by atoms with van der Waals surface area (Å²) < 4.78 is 57.4. The number of aliphatic hydroxyl groups is 1. The summed E-state index contributed by atoms with van der Waals surface area (Å²) in [6.07, 6.45) is 14.8. The molecule has 4 aliphatic rings. The van der Waals surface area contributed by atoms with Crippen molar-refractivity contribution in [3.05, 3.63) is 108 Å². The quantitative estimate of drug-likeness (QED) is 0.0652. The molecule has 6 aromatic rings. The average Bonchev–Trinajstić information content (AvgIpc) is 4.16. The number of nitrogens with two attached hydrogens (primary N) is 2. The first-order valence-corrected chi connectivity index (χ1v) is 30.7. The molecule has 19 heteroatoms. The Morgan fingerprint density at radius 2 is 1.14 bits per heavy atom. The maximum atomic E-state index is 11.8. The molecule has 4 heterocycles. The standard InChI is InChI=1S/C28H41N5O3SSi.C22H27N5O3S/c1-28(2,3)38(4,5)36-25-17-21(16-20(25)13-15-37(29,34)35)33-14-12-23-26(30-18-31-27(23)33)32-24-11-10-19-8-6-7-9-22(19)24;23-31(29,30)10-8-15-11-16(12-20(15)28)27-9-7-18-21(24-13-25-22(18)27)26-19-6-5-14-3-1-2-4-17(14)19/h6-9,12,14,18,20-21,24-25H,10-11,13,15-17H2,1-5H3,(H2,29,34,35)(H,30,31,32);1-4,7,9,13,15-16,19-20,28H,5-6,8,10-12H2,(H2,23,29,30)(H,24,25,26)/t20-,21-,24+,25+;15-,16-,19+,20+/m11/s1. The second kappa shape index (κ2) is 19.4. The number of anilines is 2. The SMILES string of the molecule is CC(C)(C)[Si](C)(C)O[C@H]1C[C@H](n2ccc3c(N[C@H]4CCc5ccccc54)ncnc32)C[C@H]1CCS(N)(=O)=O.NS(=O)(=O)CC[C@@H]1C[C@@H](n2ccc3c(N[C@H]4CCc5ccccc54)ncnc32)C[C@@H]1O. The van der Waals surface area contributed by atoms with Crippen molar-refractivity contribution in [1.29, 1.82) is 0 Å². The highest BCUT2D eigenvalue weighted by atomic mass is 32.2. The number of aromatic nitrogens is 6. The lowest BCUT2D eigenvalue weighted by Crippen LogP contribution is -2.45. The Kier molecular flexibility index (Phi) is 13.9. The average molecular weight is 997 g/mol. The normalized spacial score (nSPS) is 24.9. The number of nitrogens with one attached hydrogen (secondary N) is 2. The summed E-state index contributed by atoms with van der Waals surface area (Å²) in [6.45, 7) is 11.2. The first-order chi connectivity index (χ1) is 32.7. The largest absolute Gasteiger partial charge is 0.414 e. The summed E-state index contributed by atoms with van der Waals surface area (Å²) in [4.78, 5) is 18.3. The van der Waals surface area contributed by atoms with Crippen LogP contribution >= 0.6 is 0 Å². The van der Waals surface area contributed by atoms with Crippen LogP contribution in [-0.4, -0.2) is 83.0 Å². The van der Waals surface area contributed by atoms with Gasteiger partial charge in [0.1, 0.15) is 35.6 Å². The van der Waals surface area contributed by atoms with Crippen LogP contribution < -0.4 is 20.9 Å². The molecule has 4 aliphatic carbocycles. The van der Waals surface area contributed by atoms with E-state index in [2.05, 4.69) is 134 Å².